The Balaban J connectivity index is 1.80. The van der Waals surface area contributed by atoms with Gasteiger partial charge in [-0.15, -0.1) is 0 Å². The summed E-state index contributed by atoms with van der Waals surface area (Å²) in [5, 5.41) is 7.36. The van der Waals surface area contributed by atoms with Gasteiger partial charge in [0.15, 0.2) is 5.82 Å². The maximum absolute atomic E-state index is 5.31. The van der Waals surface area contributed by atoms with Crippen LogP contribution in [-0.4, -0.2) is 16.2 Å². The Labute approximate surface area is 114 Å². The van der Waals surface area contributed by atoms with Gasteiger partial charge < -0.3 is 9.84 Å². The van der Waals surface area contributed by atoms with E-state index in [1.165, 1.54) is 18.4 Å². The van der Waals surface area contributed by atoms with Gasteiger partial charge in [-0.1, -0.05) is 16.8 Å². The van der Waals surface area contributed by atoms with Crippen molar-refractivity contribution < 1.29 is 4.52 Å². The Kier molecular flexibility index (Phi) is 3.18. The van der Waals surface area contributed by atoms with Crippen molar-refractivity contribution >= 4 is 15.9 Å². The SMILES string of the molecule is Cc1ccc(Br)c(-c2nc(CNC3CC3)no2)c1. The van der Waals surface area contributed by atoms with Crippen molar-refractivity contribution in [1.82, 2.24) is 15.5 Å². The molecule has 2 aromatic rings. The topological polar surface area (TPSA) is 51.0 Å². The van der Waals surface area contributed by atoms with Gasteiger partial charge in [0.1, 0.15) is 0 Å². The molecule has 1 N–H and O–H groups in total. The molecule has 4 nitrogen and oxygen atoms in total. The number of hydrogen-bond donors (Lipinski definition) is 1. The lowest BCUT2D eigenvalue weighted by molar-refractivity contribution is 0.419. The molecule has 0 spiro atoms. The molecule has 0 aliphatic heterocycles. The first-order chi connectivity index (χ1) is 8.72. The fourth-order valence-electron chi connectivity index (χ4n) is 1.76. The van der Waals surface area contributed by atoms with Crippen LogP contribution < -0.4 is 5.32 Å². The predicted molar refractivity (Wildman–Crippen MR) is 72.0 cm³/mol. The largest absolute Gasteiger partial charge is 0.334 e. The second kappa shape index (κ2) is 4.82. The Morgan fingerprint density at radius 3 is 3.06 bits per heavy atom. The first-order valence-electron chi connectivity index (χ1n) is 6.05. The van der Waals surface area contributed by atoms with E-state index in [9.17, 15) is 0 Å². The van der Waals surface area contributed by atoms with Crippen LogP contribution in [0.3, 0.4) is 0 Å². The van der Waals surface area contributed by atoms with Crippen molar-refractivity contribution in [2.75, 3.05) is 0 Å². The van der Waals surface area contributed by atoms with Gasteiger partial charge in [0.05, 0.1) is 12.1 Å². The maximum atomic E-state index is 5.31. The number of halogens is 1. The minimum atomic E-state index is 0.568. The summed E-state index contributed by atoms with van der Waals surface area (Å²) >= 11 is 3.51. The molecule has 5 heteroatoms. The van der Waals surface area contributed by atoms with Gasteiger partial charge in [-0.25, -0.2) is 0 Å². The number of benzene rings is 1. The molecule has 0 saturated heterocycles. The van der Waals surface area contributed by atoms with Crippen LogP contribution >= 0.6 is 15.9 Å². The lowest BCUT2D eigenvalue weighted by Crippen LogP contribution is -2.16. The molecular formula is C13H14BrN3O. The highest BCUT2D eigenvalue weighted by molar-refractivity contribution is 9.10. The lowest BCUT2D eigenvalue weighted by atomic mass is 10.1. The molecule has 1 aliphatic carbocycles. The molecule has 0 unspecified atom stereocenters. The molecule has 0 radical (unpaired) electrons. The molecule has 0 bridgehead atoms. The molecule has 1 aromatic carbocycles. The average molecular weight is 308 g/mol. The summed E-state index contributed by atoms with van der Waals surface area (Å²) in [7, 11) is 0. The van der Waals surface area contributed by atoms with E-state index in [0.717, 1.165) is 10.0 Å². The summed E-state index contributed by atoms with van der Waals surface area (Å²) in [6.07, 6.45) is 2.52. The second-order valence-electron chi connectivity index (χ2n) is 4.65. The number of nitrogens with one attached hydrogen (secondary N) is 1. The van der Waals surface area contributed by atoms with E-state index in [4.69, 9.17) is 4.52 Å². The van der Waals surface area contributed by atoms with Crippen LogP contribution in [0.4, 0.5) is 0 Å². The number of nitrogens with zero attached hydrogens (tertiary/aromatic N) is 2. The highest BCUT2D eigenvalue weighted by Gasteiger charge is 2.21. The fourth-order valence-corrected chi connectivity index (χ4v) is 2.18. The average Bonchev–Trinajstić information content (AvgIpc) is 3.08. The highest BCUT2D eigenvalue weighted by Crippen LogP contribution is 2.28. The van der Waals surface area contributed by atoms with Crippen LogP contribution in [-0.2, 0) is 6.54 Å². The van der Waals surface area contributed by atoms with E-state index >= 15 is 0 Å². The van der Waals surface area contributed by atoms with Crippen LogP contribution in [0.25, 0.3) is 11.5 Å². The molecule has 1 aliphatic rings. The Hall–Kier alpha value is -1.20. The summed E-state index contributed by atoms with van der Waals surface area (Å²) in [6.45, 7) is 2.72. The van der Waals surface area contributed by atoms with E-state index in [1.54, 1.807) is 0 Å². The Morgan fingerprint density at radius 2 is 2.28 bits per heavy atom. The number of aryl methyl sites for hydroxylation is 1. The van der Waals surface area contributed by atoms with Crippen LogP contribution in [0.2, 0.25) is 0 Å². The smallest absolute Gasteiger partial charge is 0.259 e. The Morgan fingerprint density at radius 1 is 1.44 bits per heavy atom. The van der Waals surface area contributed by atoms with Crippen LogP contribution in [0, 0.1) is 6.92 Å². The zero-order chi connectivity index (χ0) is 12.5. The third-order valence-corrected chi connectivity index (χ3v) is 3.64. The summed E-state index contributed by atoms with van der Waals surface area (Å²) in [5.74, 6) is 1.28. The fraction of sp³-hybridized carbons (Fsp3) is 0.385. The van der Waals surface area contributed by atoms with Crippen molar-refractivity contribution in [3.05, 3.63) is 34.1 Å². The van der Waals surface area contributed by atoms with Gasteiger partial charge in [0.25, 0.3) is 5.89 Å². The summed E-state index contributed by atoms with van der Waals surface area (Å²) in [5.41, 5.74) is 2.12. The summed E-state index contributed by atoms with van der Waals surface area (Å²) in [4.78, 5) is 4.41. The van der Waals surface area contributed by atoms with Gasteiger partial charge in [0, 0.05) is 10.5 Å². The second-order valence-corrected chi connectivity index (χ2v) is 5.51. The van der Waals surface area contributed by atoms with Crippen molar-refractivity contribution in [2.24, 2.45) is 0 Å². The monoisotopic (exact) mass is 307 g/mol. The molecule has 0 atom stereocenters. The first-order valence-corrected chi connectivity index (χ1v) is 6.84. The van der Waals surface area contributed by atoms with Crippen LogP contribution in [0.1, 0.15) is 24.2 Å². The van der Waals surface area contributed by atoms with Gasteiger partial charge in [0.2, 0.25) is 0 Å². The standard InChI is InChI=1S/C13H14BrN3O/c1-8-2-5-11(14)10(6-8)13-16-12(17-18-13)7-15-9-3-4-9/h2,5-6,9,15H,3-4,7H2,1H3. The van der Waals surface area contributed by atoms with E-state index in [1.807, 2.05) is 25.1 Å². The van der Waals surface area contributed by atoms with Gasteiger partial charge in [-0.05, 0) is 47.8 Å². The van der Waals surface area contributed by atoms with Gasteiger partial charge in [-0.3, -0.25) is 0 Å². The van der Waals surface area contributed by atoms with Crippen molar-refractivity contribution in [1.29, 1.82) is 0 Å². The van der Waals surface area contributed by atoms with Crippen LogP contribution in [0.5, 0.6) is 0 Å². The summed E-state index contributed by atoms with van der Waals surface area (Å²) in [6, 6.07) is 6.73. The van der Waals surface area contributed by atoms with Crippen molar-refractivity contribution in [3.8, 4) is 11.5 Å². The highest BCUT2D eigenvalue weighted by atomic mass is 79.9. The molecule has 18 heavy (non-hydrogen) atoms. The normalized spacial score (nSPS) is 15.0. The maximum Gasteiger partial charge on any atom is 0.259 e. The minimum absolute atomic E-state index is 0.568. The zero-order valence-electron chi connectivity index (χ0n) is 10.1. The lowest BCUT2D eigenvalue weighted by Gasteiger charge is -2.00. The third-order valence-electron chi connectivity index (χ3n) is 2.95. The van der Waals surface area contributed by atoms with Crippen molar-refractivity contribution in [2.45, 2.75) is 32.4 Å². The summed E-state index contributed by atoms with van der Waals surface area (Å²) < 4.78 is 6.28. The molecule has 1 heterocycles. The predicted octanol–water partition coefficient (Wildman–Crippen LogP) is 3.06. The molecule has 3 rings (SSSR count). The molecular weight excluding hydrogens is 294 g/mol. The van der Waals surface area contributed by atoms with Gasteiger partial charge >= 0.3 is 0 Å². The van der Waals surface area contributed by atoms with E-state index < -0.39 is 0 Å². The first kappa shape index (κ1) is 11.9. The van der Waals surface area contributed by atoms with E-state index in [-0.39, 0.29) is 0 Å². The van der Waals surface area contributed by atoms with E-state index in [2.05, 4.69) is 31.4 Å². The number of aromatic nitrogens is 2. The van der Waals surface area contributed by atoms with Crippen LogP contribution in [0.15, 0.2) is 27.2 Å². The number of hydrogen-bond acceptors (Lipinski definition) is 4. The number of rotatable bonds is 4. The van der Waals surface area contributed by atoms with Gasteiger partial charge in [-0.2, -0.15) is 4.98 Å². The third kappa shape index (κ3) is 2.62. The molecule has 94 valence electrons. The quantitative estimate of drug-likeness (QED) is 0.943. The molecule has 1 aromatic heterocycles. The molecule has 1 saturated carbocycles. The molecule has 1 fully saturated rings. The zero-order valence-corrected chi connectivity index (χ0v) is 11.7. The minimum Gasteiger partial charge on any atom is -0.334 e. The van der Waals surface area contributed by atoms with Crippen molar-refractivity contribution in [3.63, 3.8) is 0 Å². The van der Waals surface area contributed by atoms with E-state index in [0.29, 0.717) is 24.3 Å². The molecule has 0 amide bonds. The Bertz CT molecular complexity index is 563.